The zero-order chi connectivity index (χ0) is 22.7. The lowest BCUT2D eigenvalue weighted by atomic mass is 9.98. The highest BCUT2D eigenvalue weighted by atomic mass is 19.1. The number of carboxylic acid groups (broad SMARTS) is 1. The molecule has 1 aliphatic rings. The molecule has 0 unspecified atom stereocenters. The van der Waals surface area contributed by atoms with Gasteiger partial charge in [-0.1, -0.05) is 60.7 Å². The van der Waals surface area contributed by atoms with Crippen LogP contribution < -0.4 is 0 Å². The number of aliphatic carboxylic acids is 1. The van der Waals surface area contributed by atoms with E-state index in [1.165, 1.54) is 19.2 Å². The Balaban J connectivity index is 1.42. The van der Waals surface area contributed by atoms with Crippen molar-refractivity contribution in [2.45, 2.75) is 24.8 Å². The van der Waals surface area contributed by atoms with Crippen molar-refractivity contribution >= 4 is 12.1 Å². The summed E-state index contributed by atoms with van der Waals surface area (Å²) in [4.78, 5) is 25.6. The van der Waals surface area contributed by atoms with Crippen LogP contribution in [0.25, 0.3) is 11.1 Å². The Kier molecular flexibility index (Phi) is 6.21. The van der Waals surface area contributed by atoms with Gasteiger partial charge in [-0.25, -0.2) is 14.0 Å². The molecule has 0 radical (unpaired) electrons. The fourth-order valence-electron chi connectivity index (χ4n) is 4.26. The first kappa shape index (κ1) is 21.6. The number of benzene rings is 3. The van der Waals surface area contributed by atoms with Crippen LogP contribution in [0.15, 0.2) is 72.8 Å². The van der Waals surface area contributed by atoms with Crippen molar-refractivity contribution < 1.29 is 23.8 Å². The number of hydrogen-bond acceptors (Lipinski definition) is 3. The third-order valence-electron chi connectivity index (χ3n) is 6.00. The molecule has 164 valence electrons. The molecule has 32 heavy (non-hydrogen) atoms. The highest BCUT2D eigenvalue weighted by molar-refractivity contribution is 5.81. The molecule has 3 aromatic rings. The van der Waals surface area contributed by atoms with Crippen LogP contribution in [0, 0.1) is 5.82 Å². The molecular weight excluding hydrogens is 409 g/mol. The van der Waals surface area contributed by atoms with E-state index in [2.05, 4.69) is 12.1 Å². The van der Waals surface area contributed by atoms with Crippen molar-refractivity contribution in [3.05, 3.63) is 95.3 Å². The van der Waals surface area contributed by atoms with Crippen LogP contribution in [0.5, 0.6) is 0 Å². The van der Waals surface area contributed by atoms with Crippen LogP contribution in [0.1, 0.15) is 29.0 Å². The summed E-state index contributed by atoms with van der Waals surface area (Å²) >= 11 is 0. The smallest absolute Gasteiger partial charge is 0.410 e. The number of rotatable bonds is 7. The second kappa shape index (κ2) is 9.22. The van der Waals surface area contributed by atoms with E-state index in [1.807, 2.05) is 36.4 Å². The third-order valence-corrected chi connectivity index (χ3v) is 6.00. The van der Waals surface area contributed by atoms with Gasteiger partial charge in [0.05, 0.1) is 0 Å². The Hall–Kier alpha value is -3.67. The summed E-state index contributed by atoms with van der Waals surface area (Å²) < 4.78 is 18.7. The normalized spacial score (nSPS) is 13.2. The summed E-state index contributed by atoms with van der Waals surface area (Å²) in [5, 5.41) is 9.65. The maximum absolute atomic E-state index is 13.1. The summed E-state index contributed by atoms with van der Waals surface area (Å²) in [6.45, 7) is 0.126. The first-order valence-corrected chi connectivity index (χ1v) is 10.5. The van der Waals surface area contributed by atoms with Crippen LogP contribution in [-0.4, -0.2) is 41.8 Å². The summed E-state index contributed by atoms with van der Waals surface area (Å²) in [5.74, 6) is -1.55. The number of fused-ring (bicyclic) bond motifs is 3. The van der Waals surface area contributed by atoms with Crippen molar-refractivity contribution in [2.75, 3.05) is 13.7 Å². The molecule has 1 aliphatic carbocycles. The molecule has 0 spiro atoms. The predicted octanol–water partition coefficient (Wildman–Crippen LogP) is 5.09. The van der Waals surface area contributed by atoms with Crippen molar-refractivity contribution in [3.8, 4) is 11.1 Å². The van der Waals surface area contributed by atoms with Crippen molar-refractivity contribution in [3.63, 3.8) is 0 Å². The van der Waals surface area contributed by atoms with Gasteiger partial charge in [0.25, 0.3) is 0 Å². The van der Waals surface area contributed by atoms with E-state index < -0.39 is 18.1 Å². The minimum Gasteiger partial charge on any atom is -0.480 e. The zero-order valence-corrected chi connectivity index (χ0v) is 17.7. The van der Waals surface area contributed by atoms with E-state index in [0.717, 1.165) is 32.7 Å². The van der Waals surface area contributed by atoms with Gasteiger partial charge < -0.3 is 9.84 Å². The molecule has 4 rings (SSSR count). The molecule has 0 bridgehead atoms. The van der Waals surface area contributed by atoms with Crippen molar-refractivity contribution in [2.24, 2.45) is 0 Å². The van der Waals surface area contributed by atoms with E-state index in [0.29, 0.717) is 6.42 Å². The number of aryl methyl sites for hydroxylation is 1. The highest BCUT2D eigenvalue weighted by Gasteiger charge is 2.31. The third kappa shape index (κ3) is 4.35. The Morgan fingerprint density at radius 1 is 0.969 bits per heavy atom. The summed E-state index contributed by atoms with van der Waals surface area (Å²) in [7, 11) is 1.43. The quantitative estimate of drug-likeness (QED) is 0.564. The molecule has 0 heterocycles. The largest absolute Gasteiger partial charge is 0.480 e. The summed E-state index contributed by atoms with van der Waals surface area (Å²) in [5.41, 5.74) is 5.24. The van der Waals surface area contributed by atoms with Gasteiger partial charge in [-0.3, -0.25) is 4.90 Å². The standard InChI is InChI=1S/C26H24FNO4/c1-28(24(25(29)30)15-12-17-10-13-18(27)14-11-17)26(31)32-16-23-21-8-4-2-6-19(21)20-7-3-5-9-22(20)23/h2-11,13-14,23-24H,12,15-16H2,1H3,(H,29,30)/t24-/m1/s1. The molecule has 1 amide bonds. The maximum Gasteiger partial charge on any atom is 0.410 e. The van der Waals surface area contributed by atoms with Crippen LogP contribution in [0.4, 0.5) is 9.18 Å². The number of carbonyl (C=O) groups excluding carboxylic acids is 1. The minimum absolute atomic E-state index is 0.0951. The van der Waals surface area contributed by atoms with Crippen LogP contribution in [0.3, 0.4) is 0 Å². The van der Waals surface area contributed by atoms with Gasteiger partial charge in [-0.05, 0) is 52.8 Å². The lowest BCUT2D eigenvalue weighted by Crippen LogP contribution is -2.43. The summed E-state index contributed by atoms with van der Waals surface area (Å²) in [6, 6.07) is 20.9. The minimum atomic E-state index is -1.11. The van der Waals surface area contributed by atoms with Gasteiger partial charge in [0, 0.05) is 13.0 Å². The number of ether oxygens (including phenoxy) is 1. The van der Waals surface area contributed by atoms with Gasteiger partial charge in [-0.2, -0.15) is 0 Å². The Morgan fingerprint density at radius 3 is 2.09 bits per heavy atom. The molecule has 6 heteroatoms. The molecule has 0 saturated carbocycles. The van der Waals surface area contributed by atoms with E-state index >= 15 is 0 Å². The van der Waals surface area contributed by atoms with Gasteiger partial charge >= 0.3 is 12.1 Å². The fraction of sp³-hybridized carbons (Fsp3) is 0.231. The lowest BCUT2D eigenvalue weighted by Gasteiger charge is -2.25. The SMILES string of the molecule is CN(C(=O)OCC1c2ccccc2-c2ccccc21)[C@H](CCc1ccc(F)cc1)C(=O)O. The lowest BCUT2D eigenvalue weighted by molar-refractivity contribution is -0.142. The molecule has 1 N–H and O–H groups in total. The van der Waals surface area contributed by atoms with Gasteiger partial charge in [-0.15, -0.1) is 0 Å². The molecular formula is C26H24FNO4. The number of nitrogens with zero attached hydrogens (tertiary/aromatic N) is 1. The van der Waals surface area contributed by atoms with E-state index in [-0.39, 0.29) is 24.8 Å². The molecule has 0 aliphatic heterocycles. The second-order valence-electron chi connectivity index (χ2n) is 7.93. The number of hydrogen-bond donors (Lipinski definition) is 1. The average Bonchev–Trinajstić information content (AvgIpc) is 3.12. The van der Waals surface area contributed by atoms with Crippen molar-refractivity contribution in [1.29, 1.82) is 0 Å². The molecule has 0 aromatic heterocycles. The number of carbonyl (C=O) groups is 2. The number of halogens is 1. The second-order valence-corrected chi connectivity index (χ2v) is 7.93. The first-order chi connectivity index (χ1) is 15.5. The van der Waals surface area contributed by atoms with Crippen LogP contribution in [-0.2, 0) is 16.0 Å². The van der Waals surface area contributed by atoms with Gasteiger partial charge in [0.1, 0.15) is 18.5 Å². The van der Waals surface area contributed by atoms with E-state index in [9.17, 15) is 19.1 Å². The molecule has 0 fully saturated rings. The van der Waals surface area contributed by atoms with Gasteiger partial charge in [0.2, 0.25) is 0 Å². The van der Waals surface area contributed by atoms with Crippen LogP contribution >= 0.6 is 0 Å². The zero-order valence-electron chi connectivity index (χ0n) is 17.7. The molecule has 0 saturated heterocycles. The monoisotopic (exact) mass is 433 g/mol. The fourth-order valence-corrected chi connectivity index (χ4v) is 4.26. The molecule has 3 aromatic carbocycles. The van der Waals surface area contributed by atoms with E-state index in [1.54, 1.807) is 12.1 Å². The maximum atomic E-state index is 13.1. The molecule has 1 atom stereocenters. The number of amides is 1. The highest BCUT2D eigenvalue weighted by Crippen LogP contribution is 2.44. The average molecular weight is 433 g/mol. The van der Waals surface area contributed by atoms with E-state index in [4.69, 9.17) is 4.74 Å². The van der Waals surface area contributed by atoms with Crippen LogP contribution in [0.2, 0.25) is 0 Å². The topological polar surface area (TPSA) is 66.8 Å². The Morgan fingerprint density at radius 2 is 1.53 bits per heavy atom. The van der Waals surface area contributed by atoms with Gasteiger partial charge in [0.15, 0.2) is 0 Å². The first-order valence-electron chi connectivity index (χ1n) is 10.5. The Bertz CT molecular complexity index is 1080. The molecule has 5 nitrogen and oxygen atoms in total. The number of likely N-dealkylation sites (N-methyl/N-ethyl adjacent to an activating group) is 1. The Labute approximate surface area is 186 Å². The number of carboxylic acids is 1. The summed E-state index contributed by atoms with van der Waals surface area (Å²) in [6.07, 6.45) is -0.0849. The van der Waals surface area contributed by atoms with Crippen molar-refractivity contribution in [1.82, 2.24) is 4.90 Å². The predicted molar refractivity (Wildman–Crippen MR) is 119 cm³/mol.